The van der Waals surface area contributed by atoms with E-state index in [4.69, 9.17) is 23.2 Å². The fraction of sp³-hybridized carbons (Fsp3) is 0.588. The van der Waals surface area contributed by atoms with Gasteiger partial charge in [0, 0.05) is 45.2 Å². The highest BCUT2D eigenvalue weighted by atomic mass is 35.5. The second-order valence-corrected chi connectivity index (χ2v) is 11.9. The van der Waals surface area contributed by atoms with E-state index in [2.05, 4.69) is 0 Å². The third-order valence-electron chi connectivity index (χ3n) is 5.34. The number of sulfonamides is 2. The highest BCUT2D eigenvalue weighted by Crippen LogP contribution is 2.33. The van der Waals surface area contributed by atoms with Crippen molar-refractivity contribution in [3.63, 3.8) is 0 Å². The molecular formula is C17H23Cl2N3O5S2. The maximum absolute atomic E-state index is 12.9. The minimum Gasteiger partial charge on any atom is -0.340 e. The van der Waals surface area contributed by atoms with Gasteiger partial charge in [0.1, 0.15) is 4.90 Å². The summed E-state index contributed by atoms with van der Waals surface area (Å²) in [5, 5.41) is 0.138. The first kappa shape index (κ1) is 22.8. The van der Waals surface area contributed by atoms with Crippen molar-refractivity contribution in [1.82, 2.24) is 13.5 Å². The molecule has 0 aromatic heterocycles. The Bertz CT molecular complexity index is 964. The predicted octanol–water partition coefficient (Wildman–Crippen LogP) is 1.50. The average molecular weight is 484 g/mol. The van der Waals surface area contributed by atoms with Gasteiger partial charge >= 0.3 is 0 Å². The predicted molar refractivity (Wildman–Crippen MR) is 111 cm³/mol. The number of hydrogen-bond donors (Lipinski definition) is 0. The summed E-state index contributed by atoms with van der Waals surface area (Å²) in [5.41, 5.74) is 0. The number of amides is 1. The van der Waals surface area contributed by atoms with Crippen LogP contribution in [0.5, 0.6) is 0 Å². The van der Waals surface area contributed by atoms with E-state index in [1.165, 1.54) is 20.7 Å². The standard InChI is InChI=1S/C17H23Cl2N3O5S2/c1-28(24,25)21-11-9-20(10-12-21)17(23)13-5-7-22(8-6-13)29(26,27)16-14(18)3-2-4-15(16)19/h2-4,13H,5-12H2,1H3. The Hall–Kier alpha value is -0.910. The third-order valence-corrected chi connectivity index (χ3v) is 9.50. The van der Waals surface area contributed by atoms with Crippen LogP contribution in [-0.2, 0) is 24.8 Å². The molecule has 0 saturated carbocycles. The molecule has 3 rings (SSSR count). The molecule has 1 aromatic rings. The summed E-state index contributed by atoms with van der Waals surface area (Å²) < 4.78 is 51.7. The summed E-state index contributed by atoms with van der Waals surface area (Å²) in [7, 11) is -7.11. The van der Waals surface area contributed by atoms with E-state index < -0.39 is 20.0 Å². The van der Waals surface area contributed by atoms with Crippen LogP contribution in [0.1, 0.15) is 12.8 Å². The number of rotatable bonds is 4. The second-order valence-electron chi connectivity index (χ2n) is 7.22. The summed E-state index contributed by atoms with van der Waals surface area (Å²) in [6.45, 7) is 1.65. The van der Waals surface area contributed by atoms with Crippen molar-refractivity contribution < 1.29 is 21.6 Å². The lowest BCUT2D eigenvalue weighted by Gasteiger charge is -2.37. The van der Waals surface area contributed by atoms with Gasteiger partial charge in [0.2, 0.25) is 26.0 Å². The van der Waals surface area contributed by atoms with Gasteiger partial charge in [-0.05, 0) is 25.0 Å². The summed E-state index contributed by atoms with van der Waals surface area (Å²) in [6, 6.07) is 4.54. The topological polar surface area (TPSA) is 95.1 Å². The third kappa shape index (κ3) is 4.88. The van der Waals surface area contributed by atoms with Crippen molar-refractivity contribution in [2.75, 3.05) is 45.5 Å². The molecule has 1 amide bonds. The largest absolute Gasteiger partial charge is 0.340 e. The number of carbonyl (C=O) groups is 1. The van der Waals surface area contributed by atoms with Gasteiger partial charge in [0.05, 0.1) is 16.3 Å². The molecule has 0 N–H and O–H groups in total. The van der Waals surface area contributed by atoms with Crippen molar-refractivity contribution in [2.24, 2.45) is 5.92 Å². The van der Waals surface area contributed by atoms with E-state index in [-0.39, 0.29) is 52.9 Å². The number of hydrogen-bond acceptors (Lipinski definition) is 5. The molecule has 2 saturated heterocycles. The second kappa shape index (κ2) is 8.68. The van der Waals surface area contributed by atoms with Crippen LogP contribution in [0, 0.1) is 5.92 Å². The zero-order chi connectivity index (χ0) is 21.4. The first-order valence-electron chi connectivity index (χ1n) is 9.20. The molecule has 8 nitrogen and oxygen atoms in total. The maximum atomic E-state index is 12.9. The fourth-order valence-corrected chi connectivity index (χ4v) is 7.09. The van der Waals surface area contributed by atoms with Crippen LogP contribution in [0.2, 0.25) is 10.0 Å². The molecule has 162 valence electrons. The highest BCUT2D eigenvalue weighted by molar-refractivity contribution is 7.89. The van der Waals surface area contributed by atoms with E-state index in [1.54, 1.807) is 11.0 Å². The van der Waals surface area contributed by atoms with Gasteiger partial charge in [-0.1, -0.05) is 29.3 Å². The van der Waals surface area contributed by atoms with Gasteiger partial charge in [0.15, 0.2) is 0 Å². The smallest absolute Gasteiger partial charge is 0.246 e. The van der Waals surface area contributed by atoms with Gasteiger partial charge in [-0.3, -0.25) is 4.79 Å². The molecule has 0 spiro atoms. The molecule has 2 fully saturated rings. The van der Waals surface area contributed by atoms with Crippen LogP contribution in [0.15, 0.2) is 23.1 Å². The van der Waals surface area contributed by atoms with Crippen LogP contribution >= 0.6 is 23.2 Å². The lowest BCUT2D eigenvalue weighted by Crippen LogP contribution is -2.52. The zero-order valence-corrected chi connectivity index (χ0v) is 19.1. The summed E-state index contributed by atoms with van der Waals surface area (Å²) >= 11 is 12.1. The van der Waals surface area contributed by atoms with E-state index in [9.17, 15) is 21.6 Å². The molecule has 1 aromatic carbocycles. The van der Waals surface area contributed by atoms with Crippen molar-refractivity contribution in [2.45, 2.75) is 17.7 Å². The molecule has 29 heavy (non-hydrogen) atoms. The fourth-order valence-electron chi connectivity index (χ4n) is 3.70. The van der Waals surface area contributed by atoms with Crippen molar-refractivity contribution in [3.8, 4) is 0 Å². The highest BCUT2D eigenvalue weighted by Gasteiger charge is 2.36. The molecule has 12 heteroatoms. The molecule has 0 atom stereocenters. The SMILES string of the molecule is CS(=O)(=O)N1CCN(C(=O)C2CCN(S(=O)(=O)c3c(Cl)cccc3Cl)CC2)CC1. The Balaban J connectivity index is 1.61. The van der Waals surface area contributed by atoms with Crippen molar-refractivity contribution in [3.05, 3.63) is 28.2 Å². The molecule has 0 unspecified atom stereocenters. The van der Waals surface area contributed by atoms with Crippen LogP contribution in [0.3, 0.4) is 0 Å². The van der Waals surface area contributed by atoms with Gasteiger partial charge in [-0.2, -0.15) is 8.61 Å². The summed E-state index contributed by atoms with van der Waals surface area (Å²) in [6.07, 6.45) is 1.95. The number of nitrogens with zero attached hydrogens (tertiary/aromatic N) is 3. The normalized spacial score (nSPS) is 20.7. The first-order chi connectivity index (χ1) is 13.5. The molecule has 0 radical (unpaired) electrons. The van der Waals surface area contributed by atoms with Crippen LogP contribution < -0.4 is 0 Å². The molecule has 0 aliphatic carbocycles. The lowest BCUT2D eigenvalue weighted by atomic mass is 9.96. The zero-order valence-electron chi connectivity index (χ0n) is 15.9. The molecular weight excluding hydrogens is 461 g/mol. The van der Waals surface area contributed by atoms with Gasteiger partial charge in [-0.25, -0.2) is 16.8 Å². The van der Waals surface area contributed by atoms with E-state index in [0.29, 0.717) is 25.9 Å². The minimum absolute atomic E-state index is 0.0500. The minimum atomic E-state index is -3.85. The Kier molecular flexibility index (Phi) is 6.82. The quantitative estimate of drug-likeness (QED) is 0.646. The Labute approximate surface area is 181 Å². The molecule has 0 bridgehead atoms. The Morgan fingerprint density at radius 3 is 1.90 bits per heavy atom. The molecule has 2 aliphatic heterocycles. The summed E-state index contributed by atoms with van der Waals surface area (Å²) in [5.74, 6) is -0.334. The van der Waals surface area contributed by atoms with E-state index >= 15 is 0 Å². The van der Waals surface area contributed by atoms with Crippen LogP contribution in [-0.4, -0.2) is 81.8 Å². The Morgan fingerprint density at radius 1 is 0.897 bits per heavy atom. The van der Waals surface area contributed by atoms with Crippen LogP contribution in [0.25, 0.3) is 0 Å². The van der Waals surface area contributed by atoms with Gasteiger partial charge in [0.25, 0.3) is 0 Å². The van der Waals surface area contributed by atoms with Gasteiger partial charge in [-0.15, -0.1) is 0 Å². The van der Waals surface area contributed by atoms with Crippen LogP contribution in [0.4, 0.5) is 0 Å². The average Bonchev–Trinajstić information content (AvgIpc) is 2.66. The van der Waals surface area contributed by atoms with Gasteiger partial charge < -0.3 is 4.90 Å². The van der Waals surface area contributed by atoms with Crippen molar-refractivity contribution in [1.29, 1.82) is 0 Å². The maximum Gasteiger partial charge on any atom is 0.246 e. The lowest BCUT2D eigenvalue weighted by molar-refractivity contribution is -0.137. The number of piperazine rings is 1. The number of carbonyl (C=O) groups excluding carboxylic acids is 1. The van der Waals surface area contributed by atoms with E-state index in [1.807, 2.05) is 0 Å². The monoisotopic (exact) mass is 483 g/mol. The number of piperidine rings is 1. The number of benzene rings is 1. The Morgan fingerprint density at radius 2 is 1.41 bits per heavy atom. The molecule has 2 heterocycles. The summed E-state index contributed by atoms with van der Waals surface area (Å²) in [4.78, 5) is 14.4. The number of halogens is 2. The van der Waals surface area contributed by atoms with E-state index in [0.717, 1.165) is 6.26 Å². The first-order valence-corrected chi connectivity index (χ1v) is 13.2. The molecule has 2 aliphatic rings. The van der Waals surface area contributed by atoms with Crippen molar-refractivity contribution >= 4 is 49.2 Å².